The highest BCUT2D eigenvalue weighted by Crippen LogP contribution is 2.12. The number of pyridine rings is 1. The number of carbonyl (C=O) groups is 2. The Morgan fingerprint density at radius 3 is 2.94 bits per heavy atom. The number of primary amides is 1. The van der Waals surface area contributed by atoms with E-state index in [9.17, 15) is 9.59 Å². The maximum Gasteiger partial charge on any atom is 0.341 e. The summed E-state index contributed by atoms with van der Waals surface area (Å²) in [6.45, 7) is 2.36. The van der Waals surface area contributed by atoms with E-state index in [-0.39, 0.29) is 6.42 Å². The largest absolute Gasteiger partial charge is 0.462 e. The monoisotopic (exact) mass is 237 g/mol. The molecule has 0 fully saturated rings. The minimum atomic E-state index is -0.442. The molecule has 0 saturated carbocycles. The zero-order valence-electron chi connectivity index (χ0n) is 9.60. The van der Waals surface area contributed by atoms with Crippen LogP contribution in [-0.4, -0.2) is 30.0 Å². The molecule has 1 aromatic rings. The lowest BCUT2D eigenvalue weighted by atomic mass is 10.2. The third-order valence-electron chi connectivity index (χ3n) is 1.97. The summed E-state index contributed by atoms with van der Waals surface area (Å²) in [6, 6.07) is 3.25. The van der Waals surface area contributed by atoms with Crippen LogP contribution < -0.4 is 11.1 Å². The summed E-state index contributed by atoms with van der Waals surface area (Å²) in [5, 5.41) is 2.87. The molecule has 1 heterocycles. The Morgan fingerprint density at radius 2 is 2.29 bits per heavy atom. The number of esters is 1. The molecule has 0 saturated heterocycles. The standard InChI is InChI=1S/C11H15N3O3/c1-2-17-11(16)8-4-3-6-13-10(8)14-7-5-9(12)15/h3-4,6H,2,5,7H2,1H3,(H2,12,15)(H,13,14). The number of ether oxygens (including phenoxy) is 1. The number of carbonyl (C=O) groups excluding carboxylic acids is 2. The number of amides is 1. The van der Waals surface area contributed by atoms with Gasteiger partial charge in [-0.25, -0.2) is 9.78 Å². The number of hydrogen-bond donors (Lipinski definition) is 2. The molecule has 0 unspecified atom stereocenters. The third-order valence-corrected chi connectivity index (χ3v) is 1.97. The summed E-state index contributed by atoms with van der Waals surface area (Å²) < 4.78 is 4.89. The summed E-state index contributed by atoms with van der Waals surface area (Å²) in [5.41, 5.74) is 5.36. The van der Waals surface area contributed by atoms with Gasteiger partial charge in [-0.15, -0.1) is 0 Å². The molecule has 6 nitrogen and oxygen atoms in total. The first-order valence-electron chi connectivity index (χ1n) is 5.29. The molecule has 0 spiro atoms. The molecular weight excluding hydrogens is 222 g/mol. The Bertz CT molecular complexity index is 407. The van der Waals surface area contributed by atoms with Crippen LogP contribution in [0.25, 0.3) is 0 Å². The van der Waals surface area contributed by atoms with Crippen molar-refractivity contribution in [1.29, 1.82) is 0 Å². The van der Waals surface area contributed by atoms with E-state index in [0.717, 1.165) is 0 Å². The maximum atomic E-state index is 11.6. The number of nitrogens with zero attached hydrogens (tertiary/aromatic N) is 1. The summed E-state index contributed by atoms with van der Waals surface area (Å²) in [7, 11) is 0. The number of aromatic nitrogens is 1. The van der Waals surface area contributed by atoms with Crippen LogP contribution in [0, 0.1) is 0 Å². The molecule has 0 aliphatic carbocycles. The van der Waals surface area contributed by atoms with Crippen molar-refractivity contribution in [3.63, 3.8) is 0 Å². The van der Waals surface area contributed by atoms with Crippen molar-refractivity contribution in [2.24, 2.45) is 5.73 Å². The highest BCUT2D eigenvalue weighted by atomic mass is 16.5. The van der Waals surface area contributed by atoms with Crippen molar-refractivity contribution in [3.8, 4) is 0 Å². The lowest BCUT2D eigenvalue weighted by Gasteiger charge is -2.09. The van der Waals surface area contributed by atoms with E-state index in [1.165, 1.54) is 0 Å². The Labute approximate surface area is 99.2 Å². The van der Waals surface area contributed by atoms with Gasteiger partial charge in [-0.2, -0.15) is 0 Å². The van der Waals surface area contributed by atoms with Gasteiger partial charge in [-0.3, -0.25) is 4.79 Å². The average Bonchev–Trinajstić information content (AvgIpc) is 2.29. The first-order valence-corrected chi connectivity index (χ1v) is 5.29. The van der Waals surface area contributed by atoms with Crippen molar-refractivity contribution in [1.82, 2.24) is 4.98 Å². The van der Waals surface area contributed by atoms with E-state index in [0.29, 0.717) is 24.5 Å². The van der Waals surface area contributed by atoms with E-state index in [2.05, 4.69) is 10.3 Å². The lowest BCUT2D eigenvalue weighted by Crippen LogP contribution is -2.18. The SMILES string of the molecule is CCOC(=O)c1cccnc1NCCC(N)=O. The van der Waals surface area contributed by atoms with Gasteiger partial charge in [0.1, 0.15) is 11.4 Å². The van der Waals surface area contributed by atoms with Gasteiger partial charge < -0.3 is 15.8 Å². The Hall–Kier alpha value is -2.11. The Balaban J connectivity index is 2.70. The summed E-state index contributed by atoms with van der Waals surface area (Å²) in [6.07, 6.45) is 1.73. The van der Waals surface area contributed by atoms with Crippen LogP contribution in [0.4, 0.5) is 5.82 Å². The predicted molar refractivity (Wildman–Crippen MR) is 62.5 cm³/mol. The lowest BCUT2D eigenvalue weighted by molar-refractivity contribution is -0.117. The summed E-state index contributed by atoms with van der Waals surface area (Å²) >= 11 is 0. The van der Waals surface area contributed by atoms with Gasteiger partial charge in [-0.1, -0.05) is 0 Å². The normalized spacial score (nSPS) is 9.71. The van der Waals surface area contributed by atoms with Gasteiger partial charge in [0.15, 0.2) is 0 Å². The molecule has 0 atom stereocenters. The van der Waals surface area contributed by atoms with Crippen molar-refractivity contribution < 1.29 is 14.3 Å². The van der Waals surface area contributed by atoms with Crippen LogP contribution in [0.5, 0.6) is 0 Å². The Morgan fingerprint density at radius 1 is 1.53 bits per heavy atom. The van der Waals surface area contributed by atoms with E-state index >= 15 is 0 Å². The molecular formula is C11H15N3O3. The van der Waals surface area contributed by atoms with E-state index in [4.69, 9.17) is 10.5 Å². The van der Waals surface area contributed by atoms with Gasteiger partial charge in [0.2, 0.25) is 5.91 Å². The molecule has 1 aromatic heterocycles. The second-order valence-corrected chi connectivity index (χ2v) is 3.26. The van der Waals surface area contributed by atoms with E-state index in [1.54, 1.807) is 25.3 Å². The van der Waals surface area contributed by atoms with Crippen LogP contribution in [0.1, 0.15) is 23.7 Å². The number of rotatable bonds is 6. The molecule has 0 aromatic carbocycles. The third kappa shape index (κ3) is 4.10. The van der Waals surface area contributed by atoms with Crippen LogP contribution in [-0.2, 0) is 9.53 Å². The molecule has 17 heavy (non-hydrogen) atoms. The minimum Gasteiger partial charge on any atom is -0.462 e. The van der Waals surface area contributed by atoms with Crippen molar-refractivity contribution in [3.05, 3.63) is 23.9 Å². The van der Waals surface area contributed by atoms with Gasteiger partial charge in [-0.05, 0) is 19.1 Å². The molecule has 0 radical (unpaired) electrons. The van der Waals surface area contributed by atoms with Gasteiger partial charge in [0.25, 0.3) is 0 Å². The number of hydrogen-bond acceptors (Lipinski definition) is 5. The van der Waals surface area contributed by atoms with Gasteiger partial charge >= 0.3 is 5.97 Å². The molecule has 0 aliphatic rings. The predicted octanol–water partition coefficient (Wildman–Crippen LogP) is 0.546. The van der Waals surface area contributed by atoms with Crippen molar-refractivity contribution >= 4 is 17.7 Å². The number of anilines is 1. The molecule has 0 aliphatic heterocycles. The second-order valence-electron chi connectivity index (χ2n) is 3.26. The highest BCUT2D eigenvalue weighted by Gasteiger charge is 2.12. The fourth-order valence-corrected chi connectivity index (χ4v) is 1.22. The van der Waals surface area contributed by atoms with Crippen LogP contribution in [0.3, 0.4) is 0 Å². The minimum absolute atomic E-state index is 0.179. The van der Waals surface area contributed by atoms with Crippen molar-refractivity contribution in [2.45, 2.75) is 13.3 Å². The first-order chi connectivity index (χ1) is 8.15. The fraction of sp³-hybridized carbons (Fsp3) is 0.364. The van der Waals surface area contributed by atoms with Crippen LogP contribution in [0.15, 0.2) is 18.3 Å². The Kier molecular flexibility index (Phi) is 4.93. The molecule has 1 amide bonds. The van der Waals surface area contributed by atoms with Gasteiger partial charge in [0, 0.05) is 19.2 Å². The zero-order valence-corrected chi connectivity index (χ0v) is 9.60. The summed E-state index contributed by atoms with van der Waals surface area (Å²) in [5.74, 6) is -0.458. The summed E-state index contributed by atoms with van der Waals surface area (Å²) in [4.78, 5) is 26.2. The molecule has 0 bridgehead atoms. The second kappa shape index (κ2) is 6.47. The molecule has 3 N–H and O–H groups in total. The quantitative estimate of drug-likeness (QED) is 0.704. The molecule has 92 valence electrons. The maximum absolute atomic E-state index is 11.6. The van der Waals surface area contributed by atoms with E-state index in [1.807, 2.05) is 0 Å². The van der Waals surface area contributed by atoms with Crippen LogP contribution in [0.2, 0.25) is 0 Å². The average molecular weight is 237 g/mol. The number of nitrogens with one attached hydrogen (secondary N) is 1. The van der Waals surface area contributed by atoms with Crippen molar-refractivity contribution in [2.75, 3.05) is 18.5 Å². The smallest absolute Gasteiger partial charge is 0.341 e. The van der Waals surface area contributed by atoms with Crippen LogP contribution >= 0.6 is 0 Å². The first kappa shape index (κ1) is 13.0. The van der Waals surface area contributed by atoms with Gasteiger partial charge in [0.05, 0.1) is 6.61 Å². The number of nitrogens with two attached hydrogens (primary N) is 1. The fourth-order valence-electron chi connectivity index (χ4n) is 1.22. The topological polar surface area (TPSA) is 94.3 Å². The molecule has 6 heteroatoms. The zero-order chi connectivity index (χ0) is 12.7. The highest BCUT2D eigenvalue weighted by molar-refractivity contribution is 5.94. The molecule has 1 rings (SSSR count). The van der Waals surface area contributed by atoms with E-state index < -0.39 is 11.9 Å².